The number of hydrogen-bond donors (Lipinski definition) is 2. The molecule has 0 amide bonds. The van der Waals surface area contributed by atoms with Gasteiger partial charge in [-0.3, -0.25) is 0 Å². The summed E-state index contributed by atoms with van der Waals surface area (Å²) in [5.41, 5.74) is 6.90. The second-order valence-corrected chi connectivity index (χ2v) is 2.88. The van der Waals surface area contributed by atoms with E-state index in [1.807, 2.05) is 6.92 Å². The van der Waals surface area contributed by atoms with Gasteiger partial charge in [0.2, 0.25) is 0 Å². The lowest BCUT2D eigenvalue weighted by molar-refractivity contribution is 0.185. The summed E-state index contributed by atoms with van der Waals surface area (Å²) in [6, 6.07) is 5.20. The largest absolute Gasteiger partial charge is 0.375 e. The highest BCUT2D eigenvalue weighted by atomic mass is 35.5. The van der Waals surface area contributed by atoms with E-state index in [0.29, 0.717) is 5.02 Å². The van der Waals surface area contributed by atoms with Gasteiger partial charge in [-0.2, -0.15) is 0 Å². The maximum atomic E-state index is 9.03. The molecule has 0 bridgehead atoms. The molecule has 0 saturated heterocycles. The summed E-state index contributed by atoms with van der Waals surface area (Å²) in [6.07, 6.45) is -0.910. The number of aliphatic hydroxyl groups is 1. The number of halogens is 1. The summed E-state index contributed by atoms with van der Waals surface area (Å²) in [5, 5.41) is 9.69. The van der Waals surface area contributed by atoms with Crippen molar-refractivity contribution < 1.29 is 5.11 Å². The van der Waals surface area contributed by atoms with Crippen LogP contribution in [0.15, 0.2) is 18.2 Å². The monoisotopic (exact) mass is 171 g/mol. The fourth-order valence-electron chi connectivity index (χ4n) is 0.971. The third-order valence-corrected chi connectivity index (χ3v) is 1.79. The predicted molar refractivity (Wildman–Crippen MR) is 45.3 cm³/mol. The van der Waals surface area contributed by atoms with E-state index in [-0.39, 0.29) is 0 Å². The van der Waals surface area contributed by atoms with Crippen molar-refractivity contribution in [3.05, 3.63) is 34.3 Å². The molecule has 11 heavy (non-hydrogen) atoms. The van der Waals surface area contributed by atoms with Gasteiger partial charge in [0, 0.05) is 5.02 Å². The maximum absolute atomic E-state index is 9.03. The molecule has 1 aromatic carbocycles. The Morgan fingerprint density at radius 2 is 2.18 bits per heavy atom. The van der Waals surface area contributed by atoms with E-state index in [0.717, 1.165) is 11.1 Å². The summed E-state index contributed by atoms with van der Waals surface area (Å²) >= 11 is 5.70. The van der Waals surface area contributed by atoms with Crippen molar-refractivity contribution in [2.75, 3.05) is 0 Å². The van der Waals surface area contributed by atoms with E-state index in [9.17, 15) is 0 Å². The van der Waals surface area contributed by atoms with Crippen LogP contribution < -0.4 is 5.73 Å². The van der Waals surface area contributed by atoms with E-state index < -0.39 is 6.23 Å². The van der Waals surface area contributed by atoms with Crippen LogP contribution in [0.1, 0.15) is 17.4 Å². The molecule has 0 aliphatic heterocycles. The van der Waals surface area contributed by atoms with E-state index >= 15 is 0 Å². The zero-order valence-electron chi connectivity index (χ0n) is 6.21. The zero-order chi connectivity index (χ0) is 8.43. The molecule has 1 unspecified atom stereocenters. The number of aliphatic hydroxyl groups excluding tert-OH is 1. The molecule has 1 rings (SSSR count). The molecule has 60 valence electrons. The lowest BCUT2D eigenvalue weighted by atomic mass is 10.1. The Morgan fingerprint density at radius 1 is 1.55 bits per heavy atom. The Labute approximate surface area is 70.6 Å². The van der Waals surface area contributed by atoms with Crippen molar-refractivity contribution in [1.29, 1.82) is 0 Å². The molecule has 0 saturated carbocycles. The van der Waals surface area contributed by atoms with E-state index in [1.165, 1.54) is 0 Å². The van der Waals surface area contributed by atoms with Crippen LogP contribution >= 0.6 is 11.6 Å². The van der Waals surface area contributed by atoms with Crippen molar-refractivity contribution >= 4 is 11.6 Å². The van der Waals surface area contributed by atoms with Crippen LogP contribution in [0.5, 0.6) is 0 Å². The first-order valence-electron chi connectivity index (χ1n) is 3.31. The van der Waals surface area contributed by atoms with Gasteiger partial charge in [-0.1, -0.05) is 17.7 Å². The molecule has 1 aromatic rings. The molecule has 0 fully saturated rings. The second kappa shape index (κ2) is 3.22. The normalized spacial score (nSPS) is 13.1. The standard InChI is InChI=1S/C8H10ClNO/c1-5-4-6(9)2-3-7(5)8(10)11/h2-4,8,11H,10H2,1H3. The number of nitrogens with two attached hydrogens (primary N) is 1. The average Bonchev–Trinajstić information content (AvgIpc) is 1.85. The summed E-state index contributed by atoms with van der Waals surface area (Å²) in [5.74, 6) is 0. The Bertz CT molecular complexity index is 260. The van der Waals surface area contributed by atoms with Gasteiger partial charge >= 0.3 is 0 Å². The molecular weight excluding hydrogens is 162 g/mol. The quantitative estimate of drug-likeness (QED) is 0.631. The van der Waals surface area contributed by atoms with Crippen molar-refractivity contribution in [2.45, 2.75) is 13.2 Å². The van der Waals surface area contributed by atoms with Crippen LogP contribution in [-0.2, 0) is 0 Å². The number of aryl methyl sites for hydroxylation is 1. The van der Waals surface area contributed by atoms with Gasteiger partial charge in [-0.15, -0.1) is 0 Å². The SMILES string of the molecule is Cc1cc(Cl)ccc1C(N)O. The minimum atomic E-state index is -0.910. The fourth-order valence-corrected chi connectivity index (χ4v) is 1.20. The van der Waals surface area contributed by atoms with Crippen molar-refractivity contribution in [2.24, 2.45) is 5.73 Å². The van der Waals surface area contributed by atoms with Crippen molar-refractivity contribution in [3.8, 4) is 0 Å². The highest BCUT2D eigenvalue weighted by Crippen LogP contribution is 2.18. The third-order valence-electron chi connectivity index (χ3n) is 1.55. The Kier molecular flexibility index (Phi) is 2.49. The lowest BCUT2D eigenvalue weighted by Gasteiger charge is -2.07. The van der Waals surface area contributed by atoms with Gasteiger partial charge in [-0.05, 0) is 30.2 Å². The molecule has 0 heterocycles. The Balaban J connectivity index is 3.09. The number of benzene rings is 1. The van der Waals surface area contributed by atoms with Crippen molar-refractivity contribution in [1.82, 2.24) is 0 Å². The van der Waals surface area contributed by atoms with E-state index in [4.69, 9.17) is 22.4 Å². The third kappa shape index (κ3) is 1.93. The summed E-state index contributed by atoms with van der Waals surface area (Å²) in [6.45, 7) is 1.86. The molecule has 0 aliphatic rings. The van der Waals surface area contributed by atoms with E-state index in [1.54, 1.807) is 18.2 Å². The number of hydrogen-bond acceptors (Lipinski definition) is 2. The fraction of sp³-hybridized carbons (Fsp3) is 0.250. The number of rotatable bonds is 1. The average molecular weight is 172 g/mol. The second-order valence-electron chi connectivity index (χ2n) is 2.45. The van der Waals surface area contributed by atoms with Crippen LogP contribution in [0.25, 0.3) is 0 Å². The molecule has 3 heteroatoms. The topological polar surface area (TPSA) is 46.2 Å². The van der Waals surface area contributed by atoms with E-state index in [2.05, 4.69) is 0 Å². The smallest absolute Gasteiger partial charge is 0.128 e. The first-order chi connectivity index (χ1) is 5.11. The predicted octanol–water partition coefficient (Wildman–Crippen LogP) is 1.60. The van der Waals surface area contributed by atoms with Gasteiger partial charge in [-0.25, -0.2) is 0 Å². The molecule has 0 radical (unpaired) electrons. The maximum Gasteiger partial charge on any atom is 0.128 e. The summed E-state index contributed by atoms with van der Waals surface area (Å²) < 4.78 is 0. The van der Waals surface area contributed by atoms with Gasteiger partial charge in [0.1, 0.15) is 6.23 Å². The molecule has 2 nitrogen and oxygen atoms in total. The molecular formula is C8H10ClNO. The van der Waals surface area contributed by atoms with Crippen LogP contribution in [0.4, 0.5) is 0 Å². The van der Waals surface area contributed by atoms with Gasteiger partial charge < -0.3 is 10.8 Å². The lowest BCUT2D eigenvalue weighted by Crippen LogP contribution is -2.09. The highest BCUT2D eigenvalue weighted by molar-refractivity contribution is 6.30. The molecule has 0 spiro atoms. The summed E-state index contributed by atoms with van der Waals surface area (Å²) in [7, 11) is 0. The molecule has 3 N–H and O–H groups in total. The molecule has 0 aliphatic carbocycles. The van der Waals surface area contributed by atoms with Gasteiger partial charge in [0.15, 0.2) is 0 Å². The van der Waals surface area contributed by atoms with Crippen LogP contribution in [0.2, 0.25) is 5.02 Å². The minimum Gasteiger partial charge on any atom is -0.375 e. The molecule has 1 atom stereocenters. The first kappa shape index (κ1) is 8.53. The van der Waals surface area contributed by atoms with Crippen molar-refractivity contribution in [3.63, 3.8) is 0 Å². The van der Waals surface area contributed by atoms with Gasteiger partial charge in [0.25, 0.3) is 0 Å². The Hall–Kier alpha value is -0.570. The van der Waals surface area contributed by atoms with Crippen LogP contribution in [0.3, 0.4) is 0 Å². The minimum absolute atomic E-state index is 0.659. The van der Waals surface area contributed by atoms with Gasteiger partial charge in [0.05, 0.1) is 0 Å². The summed E-state index contributed by atoms with van der Waals surface area (Å²) in [4.78, 5) is 0. The zero-order valence-corrected chi connectivity index (χ0v) is 6.97. The van der Waals surface area contributed by atoms with Crippen LogP contribution in [-0.4, -0.2) is 5.11 Å². The highest BCUT2D eigenvalue weighted by Gasteiger charge is 2.03. The molecule has 0 aromatic heterocycles. The van der Waals surface area contributed by atoms with Crippen LogP contribution in [0, 0.1) is 6.92 Å². The Morgan fingerprint density at radius 3 is 2.64 bits per heavy atom. The first-order valence-corrected chi connectivity index (χ1v) is 3.69.